The van der Waals surface area contributed by atoms with Crippen LogP contribution in [0.3, 0.4) is 0 Å². The van der Waals surface area contributed by atoms with Crippen molar-refractivity contribution in [3.63, 3.8) is 0 Å². The zero-order valence-corrected chi connectivity index (χ0v) is 13.8. The monoisotopic (exact) mass is 323 g/mol. The van der Waals surface area contributed by atoms with Crippen LogP contribution in [0, 0.1) is 13.8 Å². The van der Waals surface area contributed by atoms with E-state index >= 15 is 0 Å². The van der Waals surface area contributed by atoms with Crippen LogP contribution in [0.15, 0.2) is 29.1 Å². The van der Waals surface area contributed by atoms with Crippen LogP contribution in [-0.2, 0) is 6.42 Å². The van der Waals surface area contributed by atoms with Crippen LogP contribution in [0.25, 0.3) is 16.9 Å². The van der Waals surface area contributed by atoms with Gasteiger partial charge in [0.15, 0.2) is 11.4 Å². The van der Waals surface area contributed by atoms with Gasteiger partial charge in [0, 0.05) is 12.5 Å². The first kappa shape index (κ1) is 14.7. The van der Waals surface area contributed by atoms with Gasteiger partial charge in [-0.05, 0) is 26.0 Å². The number of hydrogen-bond acceptors (Lipinski definition) is 5. The van der Waals surface area contributed by atoms with E-state index in [2.05, 4.69) is 9.97 Å². The van der Waals surface area contributed by atoms with Crippen molar-refractivity contribution in [2.24, 2.45) is 0 Å². The molecule has 2 aromatic heterocycles. The lowest BCUT2D eigenvalue weighted by Crippen LogP contribution is -2.23. The second-order valence-corrected chi connectivity index (χ2v) is 5.81. The second-order valence-electron chi connectivity index (χ2n) is 5.81. The highest BCUT2D eigenvalue weighted by atomic mass is 16.5. The van der Waals surface area contributed by atoms with Crippen molar-refractivity contribution < 1.29 is 9.47 Å². The van der Waals surface area contributed by atoms with Crippen LogP contribution in [0.5, 0.6) is 11.5 Å². The summed E-state index contributed by atoms with van der Waals surface area (Å²) in [6, 6.07) is 7.38. The zero-order chi connectivity index (χ0) is 16.8. The van der Waals surface area contributed by atoms with Gasteiger partial charge in [-0.25, -0.2) is 9.97 Å². The zero-order valence-electron chi connectivity index (χ0n) is 13.8. The first-order valence-corrected chi connectivity index (χ1v) is 7.80. The largest absolute Gasteiger partial charge is 0.497 e. The number of aromatic nitrogens is 3. The maximum Gasteiger partial charge on any atom is 0.263 e. The fourth-order valence-electron chi connectivity index (χ4n) is 2.99. The van der Waals surface area contributed by atoms with Gasteiger partial charge in [-0.1, -0.05) is 6.07 Å². The normalized spacial score (nSPS) is 13.0. The standard InChI is InChI=1S/C18H17N3O3/c1-10-11(2)20-17-15(19-10)16-14(7-8-24-16)18(22)21(17)12-5-4-6-13(9-12)23-3/h4-6,9H,7-8H2,1-3H3. The van der Waals surface area contributed by atoms with Crippen molar-refractivity contribution in [3.8, 4) is 17.2 Å². The highest BCUT2D eigenvalue weighted by Crippen LogP contribution is 2.31. The molecule has 0 aliphatic carbocycles. The summed E-state index contributed by atoms with van der Waals surface area (Å²) in [4.78, 5) is 22.3. The van der Waals surface area contributed by atoms with Crippen molar-refractivity contribution in [3.05, 3.63) is 51.6 Å². The quantitative estimate of drug-likeness (QED) is 0.724. The molecule has 0 saturated carbocycles. The van der Waals surface area contributed by atoms with Crippen LogP contribution in [0.2, 0.25) is 0 Å². The van der Waals surface area contributed by atoms with E-state index in [1.54, 1.807) is 11.7 Å². The van der Waals surface area contributed by atoms with E-state index in [-0.39, 0.29) is 5.56 Å². The predicted molar refractivity (Wildman–Crippen MR) is 90.4 cm³/mol. The molecule has 24 heavy (non-hydrogen) atoms. The van der Waals surface area contributed by atoms with Gasteiger partial charge in [-0.15, -0.1) is 0 Å². The van der Waals surface area contributed by atoms with Crippen molar-refractivity contribution in [1.29, 1.82) is 0 Å². The molecule has 4 rings (SSSR count). The topological polar surface area (TPSA) is 66.2 Å². The molecule has 6 nitrogen and oxygen atoms in total. The molecule has 0 saturated heterocycles. The third-order valence-electron chi connectivity index (χ3n) is 4.36. The van der Waals surface area contributed by atoms with Crippen molar-refractivity contribution in [2.75, 3.05) is 13.7 Å². The van der Waals surface area contributed by atoms with Crippen LogP contribution in [0.4, 0.5) is 0 Å². The van der Waals surface area contributed by atoms with Crippen molar-refractivity contribution in [2.45, 2.75) is 20.3 Å². The van der Waals surface area contributed by atoms with Gasteiger partial charge in [-0.2, -0.15) is 0 Å². The van der Waals surface area contributed by atoms with Crippen LogP contribution in [0.1, 0.15) is 17.0 Å². The Kier molecular flexibility index (Phi) is 3.26. The van der Waals surface area contributed by atoms with Gasteiger partial charge in [-0.3, -0.25) is 9.36 Å². The van der Waals surface area contributed by atoms with Gasteiger partial charge in [0.05, 0.1) is 36.4 Å². The molecule has 0 fully saturated rings. The Morgan fingerprint density at radius 2 is 2.00 bits per heavy atom. The van der Waals surface area contributed by atoms with Crippen LogP contribution in [-0.4, -0.2) is 28.3 Å². The molecule has 1 aliphatic rings. The fourth-order valence-corrected chi connectivity index (χ4v) is 2.99. The molecule has 6 heteroatoms. The number of fused-ring (bicyclic) bond motifs is 3. The van der Waals surface area contributed by atoms with E-state index < -0.39 is 0 Å². The third-order valence-corrected chi connectivity index (χ3v) is 4.36. The molecule has 3 heterocycles. The Bertz CT molecular complexity index is 1020. The van der Waals surface area contributed by atoms with E-state index in [0.717, 1.165) is 11.4 Å². The molecule has 1 aromatic carbocycles. The SMILES string of the molecule is COc1cccc(-n2c(=O)c3c(c4nc(C)c(C)nc42)OCC3)c1. The van der Waals surface area contributed by atoms with Crippen molar-refractivity contribution >= 4 is 11.2 Å². The van der Waals surface area contributed by atoms with Gasteiger partial charge in [0.1, 0.15) is 11.3 Å². The smallest absolute Gasteiger partial charge is 0.263 e. The molecule has 1 aliphatic heterocycles. The molecule has 0 spiro atoms. The van der Waals surface area contributed by atoms with E-state index in [0.29, 0.717) is 46.9 Å². The average Bonchev–Trinajstić information content (AvgIpc) is 3.07. The Hall–Kier alpha value is -2.89. The lowest BCUT2D eigenvalue weighted by atomic mass is 10.2. The molecular formula is C18H17N3O3. The summed E-state index contributed by atoms with van der Waals surface area (Å²) >= 11 is 0. The molecular weight excluding hydrogens is 306 g/mol. The minimum atomic E-state index is -0.110. The molecule has 0 unspecified atom stereocenters. The highest BCUT2D eigenvalue weighted by Gasteiger charge is 2.25. The maximum absolute atomic E-state index is 13.0. The van der Waals surface area contributed by atoms with E-state index in [1.807, 2.05) is 38.1 Å². The summed E-state index contributed by atoms with van der Waals surface area (Å²) in [5.41, 5.74) is 4.01. The number of methoxy groups -OCH3 is 1. The van der Waals surface area contributed by atoms with E-state index in [4.69, 9.17) is 9.47 Å². The second kappa shape index (κ2) is 5.33. The van der Waals surface area contributed by atoms with Crippen molar-refractivity contribution in [1.82, 2.24) is 14.5 Å². The minimum Gasteiger partial charge on any atom is -0.497 e. The number of nitrogens with zero attached hydrogens (tertiary/aromatic N) is 3. The molecule has 0 N–H and O–H groups in total. The van der Waals surface area contributed by atoms with Crippen LogP contribution >= 0.6 is 0 Å². The predicted octanol–water partition coefficient (Wildman–Crippen LogP) is 2.34. The Balaban J connectivity index is 2.15. The first-order valence-electron chi connectivity index (χ1n) is 7.80. The van der Waals surface area contributed by atoms with Gasteiger partial charge in [0.2, 0.25) is 0 Å². The molecule has 0 atom stereocenters. The minimum absolute atomic E-state index is 0.110. The lowest BCUT2D eigenvalue weighted by Gasteiger charge is -2.14. The Morgan fingerprint density at radius 1 is 1.21 bits per heavy atom. The summed E-state index contributed by atoms with van der Waals surface area (Å²) in [5, 5.41) is 0. The third kappa shape index (κ3) is 2.06. The number of hydrogen-bond donors (Lipinski definition) is 0. The Labute approximate surface area is 138 Å². The maximum atomic E-state index is 13.0. The first-order chi connectivity index (χ1) is 11.6. The lowest BCUT2D eigenvalue weighted by molar-refractivity contribution is 0.359. The highest BCUT2D eigenvalue weighted by molar-refractivity contribution is 5.82. The van der Waals surface area contributed by atoms with E-state index in [1.165, 1.54) is 0 Å². The molecule has 0 amide bonds. The summed E-state index contributed by atoms with van der Waals surface area (Å²) < 4.78 is 12.6. The molecule has 3 aromatic rings. The number of rotatable bonds is 2. The summed E-state index contributed by atoms with van der Waals surface area (Å²) in [6.07, 6.45) is 0.586. The van der Waals surface area contributed by atoms with Gasteiger partial charge >= 0.3 is 0 Å². The Morgan fingerprint density at radius 3 is 2.79 bits per heavy atom. The average molecular weight is 323 g/mol. The molecule has 0 bridgehead atoms. The fraction of sp³-hybridized carbons (Fsp3) is 0.278. The van der Waals surface area contributed by atoms with Gasteiger partial charge < -0.3 is 9.47 Å². The van der Waals surface area contributed by atoms with Gasteiger partial charge in [0.25, 0.3) is 5.56 Å². The number of aryl methyl sites for hydroxylation is 2. The van der Waals surface area contributed by atoms with Crippen LogP contribution < -0.4 is 15.0 Å². The summed E-state index contributed by atoms with van der Waals surface area (Å²) in [7, 11) is 1.60. The molecule has 0 radical (unpaired) electrons. The van der Waals surface area contributed by atoms with E-state index in [9.17, 15) is 4.79 Å². The number of benzene rings is 1. The number of ether oxygens (including phenoxy) is 2. The summed E-state index contributed by atoms with van der Waals surface area (Å²) in [6.45, 7) is 4.29. The molecule has 122 valence electrons. The summed E-state index contributed by atoms with van der Waals surface area (Å²) in [5.74, 6) is 1.26. The number of pyridine rings is 1.